The van der Waals surface area contributed by atoms with Crippen molar-refractivity contribution < 1.29 is 19.1 Å². The number of hydrogen-bond donors (Lipinski definition) is 0. The number of rotatable bonds is 2. The van der Waals surface area contributed by atoms with Crippen LogP contribution in [0.3, 0.4) is 0 Å². The molecule has 0 amide bonds. The minimum atomic E-state index is -0.456. The highest BCUT2D eigenvalue weighted by Gasteiger charge is 2.54. The van der Waals surface area contributed by atoms with E-state index < -0.39 is 6.10 Å². The molecule has 0 bridgehead atoms. The summed E-state index contributed by atoms with van der Waals surface area (Å²) in [6, 6.07) is 0. The summed E-state index contributed by atoms with van der Waals surface area (Å²) in [7, 11) is 0. The Morgan fingerprint density at radius 3 is 2.75 bits per heavy atom. The van der Waals surface area contributed by atoms with E-state index >= 15 is 0 Å². The highest BCUT2D eigenvalue weighted by molar-refractivity contribution is 5.91. The Labute approximate surface area is 142 Å². The molecule has 0 unspecified atom stereocenters. The Hall–Kier alpha value is -2.10. The molecule has 4 heteroatoms. The first-order valence-electron chi connectivity index (χ1n) is 8.43. The number of fused-ring (bicyclic) bond motifs is 3. The fraction of sp³-hybridized carbons (Fsp3) is 0.500. The summed E-state index contributed by atoms with van der Waals surface area (Å²) in [5.41, 5.74) is 3.23. The zero-order valence-corrected chi connectivity index (χ0v) is 14.5. The molecule has 0 aromatic heterocycles. The van der Waals surface area contributed by atoms with E-state index in [2.05, 4.69) is 26.2 Å². The van der Waals surface area contributed by atoms with Gasteiger partial charge in [-0.05, 0) is 33.1 Å². The Balaban J connectivity index is 1.96. The van der Waals surface area contributed by atoms with Crippen LogP contribution in [0.4, 0.5) is 0 Å². The summed E-state index contributed by atoms with van der Waals surface area (Å²) in [4.78, 5) is 24.4. The molecule has 0 radical (unpaired) electrons. The molecule has 1 saturated heterocycles. The number of esters is 2. The Morgan fingerprint density at radius 1 is 1.38 bits per heavy atom. The smallest absolute Gasteiger partial charge is 0.334 e. The summed E-state index contributed by atoms with van der Waals surface area (Å²) in [6.07, 6.45) is 4.58. The van der Waals surface area contributed by atoms with Gasteiger partial charge in [0.05, 0.1) is 5.92 Å². The van der Waals surface area contributed by atoms with Gasteiger partial charge in [-0.25, -0.2) is 9.59 Å². The van der Waals surface area contributed by atoms with Gasteiger partial charge in [0, 0.05) is 23.5 Å². The van der Waals surface area contributed by atoms with Crippen LogP contribution in [-0.2, 0) is 19.1 Å². The maximum atomic E-state index is 12.3. The normalized spacial score (nSPS) is 35.8. The van der Waals surface area contributed by atoms with Crippen LogP contribution >= 0.6 is 0 Å². The molecule has 1 heterocycles. The van der Waals surface area contributed by atoms with Gasteiger partial charge in [0.2, 0.25) is 0 Å². The van der Waals surface area contributed by atoms with Crippen LogP contribution in [0, 0.1) is 17.8 Å². The van der Waals surface area contributed by atoms with Crippen LogP contribution < -0.4 is 0 Å². The second-order valence-corrected chi connectivity index (χ2v) is 7.01. The monoisotopic (exact) mass is 328 g/mol. The van der Waals surface area contributed by atoms with Crippen LogP contribution in [0.1, 0.15) is 33.6 Å². The van der Waals surface area contributed by atoms with Crippen molar-refractivity contribution in [3.05, 3.63) is 47.6 Å². The van der Waals surface area contributed by atoms with Gasteiger partial charge in [-0.15, -0.1) is 0 Å². The van der Waals surface area contributed by atoms with Crippen LogP contribution in [0.2, 0.25) is 0 Å². The largest absolute Gasteiger partial charge is 0.458 e. The lowest BCUT2D eigenvalue weighted by atomic mass is 9.80. The molecule has 0 aromatic rings. The first kappa shape index (κ1) is 16.7. The van der Waals surface area contributed by atoms with Crippen LogP contribution in [0.25, 0.3) is 0 Å². The highest BCUT2D eigenvalue weighted by Crippen LogP contribution is 2.50. The molecule has 0 aromatic carbocycles. The Morgan fingerprint density at radius 2 is 2.08 bits per heavy atom. The molecule has 3 aliphatic rings. The zero-order valence-electron chi connectivity index (χ0n) is 14.5. The molecule has 0 N–H and O–H groups in total. The van der Waals surface area contributed by atoms with Crippen molar-refractivity contribution in [2.24, 2.45) is 17.8 Å². The number of carbonyl (C=O) groups is 2. The van der Waals surface area contributed by atoms with Gasteiger partial charge in [-0.2, -0.15) is 0 Å². The second-order valence-electron chi connectivity index (χ2n) is 7.01. The predicted molar refractivity (Wildman–Crippen MR) is 90.9 cm³/mol. The molecular weight excluding hydrogens is 304 g/mol. The molecular formula is C20H24O4. The maximum absolute atomic E-state index is 12.3. The molecule has 2 fully saturated rings. The van der Waals surface area contributed by atoms with Crippen LogP contribution in [-0.4, -0.2) is 24.1 Å². The molecule has 24 heavy (non-hydrogen) atoms. The topological polar surface area (TPSA) is 52.6 Å². The lowest BCUT2D eigenvalue weighted by Crippen LogP contribution is -2.36. The SMILES string of the molecule is C=C1C(=O)O[C@@H]2[C@H]3C(C)=CC[C@H]3C(=C)C[C@@H](OC(=O)/C(C)=C\C)[C@@H]12. The van der Waals surface area contributed by atoms with Gasteiger partial charge in [-0.1, -0.05) is 36.5 Å². The first-order valence-corrected chi connectivity index (χ1v) is 8.43. The van der Waals surface area contributed by atoms with Crippen molar-refractivity contribution in [1.29, 1.82) is 0 Å². The number of ether oxygens (including phenoxy) is 2. The number of allylic oxidation sites excluding steroid dienone is 2. The molecule has 1 aliphatic heterocycles. The van der Waals surface area contributed by atoms with Crippen LogP contribution in [0.15, 0.2) is 47.6 Å². The summed E-state index contributed by atoms with van der Waals surface area (Å²) < 4.78 is 11.4. The third kappa shape index (κ3) is 2.54. The molecule has 3 rings (SSSR count). The van der Waals surface area contributed by atoms with Crippen molar-refractivity contribution >= 4 is 11.9 Å². The zero-order chi connectivity index (χ0) is 17.6. The lowest BCUT2D eigenvalue weighted by Gasteiger charge is -2.28. The van der Waals surface area contributed by atoms with Gasteiger partial charge < -0.3 is 9.47 Å². The molecule has 2 aliphatic carbocycles. The molecule has 0 spiro atoms. The minimum Gasteiger partial charge on any atom is -0.458 e. The van der Waals surface area contributed by atoms with E-state index in [-0.39, 0.29) is 35.8 Å². The lowest BCUT2D eigenvalue weighted by molar-refractivity contribution is -0.148. The molecule has 4 nitrogen and oxygen atoms in total. The first-order chi connectivity index (χ1) is 11.3. The average Bonchev–Trinajstić information content (AvgIpc) is 3.02. The fourth-order valence-corrected chi connectivity index (χ4v) is 4.16. The van der Waals surface area contributed by atoms with E-state index in [0.717, 1.165) is 12.0 Å². The quantitative estimate of drug-likeness (QED) is 0.442. The van der Waals surface area contributed by atoms with Gasteiger partial charge in [-0.3, -0.25) is 0 Å². The summed E-state index contributed by atoms with van der Waals surface area (Å²) in [6.45, 7) is 13.7. The Kier molecular flexibility index (Phi) is 4.24. The minimum absolute atomic E-state index is 0.109. The van der Waals surface area contributed by atoms with Crippen LogP contribution in [0.5, 0.6) is 0 Å². The van der Waals surface area contributed by atoms with Gasteiger partial charge >= 0.3 is 11.9 Å². The molecule has 128 valence electrons. The average molecular weight is 328 g/mol. The van der Waals surface area contributed by atoms with E-state index in [4.69, 9.17) is 9.47 Å². The fourth-order valence-electron chi connectivity index (χ4n) is 4.16. The van der Waals surface area contributed by atoms with Gasteiger partial charge in [0.15, 0.2) is 0 Å². The van der Waals surface area contributed by atoms with E-state index in [1.165, 1.54) is 5.57 Å². The van der Waals surface area contributed by atoms with E-state index in [1.54, 1.807) is 19.9 Å². The summed E-state index contributed by atoms with van der Waals surface area (Å²) >= 11 is 0. The maximum Gasteiger partial charge on any atom is 0.334 e. The second kappa shape index (κ2) is 6.08. The summed E-state index contributed by atoms with van der Waals surface area (Å²) in [5.74, 6) is -0.695. The molecule has 5 atom stereocenters. The van der Waals surface area contributed by atoms with Gasteiger partial charge in [0.25, 0.3) is 0 Å². The van der Waals surface area contributed by atoms with E-state index in [1.807, 2.05) is 0 Å². The van der Waals surface area contributed by atoms with Gasteiger partial charge in [0.1, 0.15) is 12.2 Å². The third-order valence-electron chi connectivity index (χ3n) is 5.67. The van der Waals surface area contributed by atoms with Crippen molar-refractivity contribution in [2.45, 2.75) is 45.8 Å². The Bertz CT molecular complexity index is 682. The highest BCUT2D eigenvalue weighted by atomic mass is 16.6. The number of carbonyl (C=O) groups excluding carboxylic acids is 2. The third-order valence-corrected chi connectivity index (χ3v) is 5.67. The van der Waals surface area contributed by atoms with Crippen molar-refractivity contribution in [3.8, 4) is 0 Å². The van der Waals surface area contributed by atoms with Crippen molar-refractivity contribution in [3.63, 3.8) is 0 Å². The van der Waals surface area contributed by atoms with E-state index in [0.29, 0.717) is 17.6 Å². The predicted octanol–water partition coefficient (Wildman–Crippen LogP) is 3.50. The van der Waals surface area contributed by atoms with E-state index in [9.17, 15) is 9.59 Å². The standard InChI is InChI=1S/C20H24O4/c1-6-10(2)19(21)23-15-9-12(4)14-8-7-11(3)16(14)18-17(15)13(5)20(22)24-18/h6-7,14-18H,4-5,8-9H2,1-3H3/b10-6-/t14-,15+,16-,17+,18+/m0/s1. The molecule has 1 saturated carbocycles. The number of hydrogen-bond acceptors (Lipinski definition) is 4. The van der Waals surface area contributed by atoms with Crippen molar-refractivity contribution in [1.82, 2.24) is 0 Å². The summed E-state index contributed by atoms with van der Waals surface area (Å²) in [5, 5.41) is 0. The van der Waals surface area contributed by atoms with Crippen molar-refractivity contribution in [2.75, 3.05) is 0 Å².